The van der Waals surface area contributed by atoms with Gasteiger partial charge in [0.25, 0.3) is 0 Å². The van der Waals surface area contributed by atoms with E-state index < -0.39 is 5.97 Å². The standard InChI is InChI=1S/C23H22N4O2S/c1-15-19-21(25-14-11-17-9-12-24-13-10-17)26-18(8-7-16-5-3-2-4-6-16)27-22(19)30-20(15)23(28)29/h2-6,9-10,12-13H,7-8,11,14H2,1H3,(H,28,29)(H,25,26,27). The molecule has 0 unspecified atom stereocenters. The lowest BCUT2D eigenvalue weighted by atomic mass is 10.1. The molecule has 6 nitrogen and oxygen atoms in total. The van der Waals surface area contributed by atoms with E-state index in [4.69, 9.17) is 4.98 Å². The number of nitrogens with zero attached hydrogens (tertiary/aromatic N) is 3. The number of thiophene rings is 1. The highest BCUT2D eigenvalue weighted by molar-refractivity contribution is 7.20. The largest absolute Gasteiger partial charge is 0.477 e. The van der Waals surface area contributed by atoms with Crippen LogP contribution in [0.1, 0.15) is 32.2 Å². The number of aromatic carboxylic acids is 1. The normalized spacial score (nSPS) is 11.0. The van der Waals surface area contributed by atoms with Crippen LogP contribution in [0.15, 0.2) is 54.9 Å². The Kier molecular flexibility index (Phi) is 5.99. The quantitative estimate of drug-likeness (QED) is 0.437. The first-order valence-electron chi connectivity index (χ1n) is 9.82. The van der Waals surface area contributed by atoms with E-state index in [1.807, 2.05) is 37.3 Å². The van der Waals surface area contributed by atoms with Gasteiger partial charge >= 0.3 is 5.97 Å². The van der Waals surface area contributed by atoms with Crippen molar-refractivity contribution >= 4 is 33.3 Å². The Morgan fingerprint density at radius 1 is 1.00 bits per heavy atom. The molecule has 0 aliphatic carbocycles. The molecule has 0 fully saturated rings. The zero-order valence-electron chi connectivity index (χ0n) is 16.6. The maximum Gasteiger partial charge on any atom is 0.346 e. The molecular formula is C23H22N4O2S. The third-order valence-corrected chi connectivity index (χ3v) is 6.14. The molecule has 152 valence electrons. The number of hydrogen-bond donors (Lipinski definition) is 2. The number of carboxylic acids is 1. The van der Waals surface area contributed by atoms with Gasteiger partial charge in [-0.3, -0.25) is 4.98 Å². The third-order valence-electron chi connectivity index (χ3n) is 4.97. The van der Waals surface area contributed by atoms with Gasteiger partial charge < -0.3 is 10.4 Å². The molecule has 4 aromatic rings. The highest BCUT2D eigenvalue weighted by atomic mass is 32.1. The predicted octanol–water partition coefficient (Wildman–Crippen LogP) is 4.53. The summed E-state index contributed by atoms with van der Waals surface area (Å²) in [6.45, 7) is 2.51. The van der Waals surface area contributed by atoms with Crippen LogP contribution in [-0.2, 0) is 19.3 Å². The van der Waals surface area contributed by atoms with Crippen molar-refractivity contribution in [3.05, 3.63) is 82.3 Å². The highest BCUT2D eigenvalue weighted by Crippen LogP contribution is 2.34. The van der Waals surface area contributed by atoms with Gasteiger partial charge in [-0.25, -0.2) is 14.8 Å². The molecule has 0 saturated heterocycles. The molecule has 0 spiro atoms. The summed E-state index contributed by atoms with van der Waals surface area (Å²) < 4.78 is 0. The molecule has 30 heavy (non-hydrogen) atoms. The first-order chi connectivity index (χ1) is 14.6. The van der Waals surface area contributed by atoms with E-state index in [0.29, 0.717) is 29.2 Å². The first-order valence-corrected chi connectivity index (χ1v) is 10.6. The SMILES string of the molecule is Cc1c(C(=O)O)sc2nc(CCc3ccccc3)nc(NCCc3ccncc3)c12. The van der Waals surface area contributed by atoms with Crippen LogP contribution in [0.2, 0.25) is 0 Å². The van der Waals surface area contributed by atoms with E-state index in [2.05, 4.69) is 27.4 Å². The molecule has 0 atom stereocenters. The molecule has 3 heterocycles. The van der Waals surface area contributed by atoms with Gasteiger partial charge in [0.2, 0.25) is 0 Å². The van der Waals surface area contributed by atoms with Gasteiger partial charge in [-0.15, -0.1) is 11.3 Å². The maximum atomic E-state index is 11.6. The van der Waals surface area contributed by atoms with E-state index in [9.17, 15) is 9.90 Å². The van der Waals surface area contributed by atoms with Crippen LogP contribution >= 0.6 is 11.3 Å². The number of aromatic nitrogens is 3. The first kappa shape index (κ1) is 20.0. The topological polar surface area (TPSA) is 88.0 Å². The number of aryl methyl sites for hydroxylation is 3. The van der Waals surface area contributed by atoms with Gasteiger partial charge in [-0.2, -0.15) is 0 Å². The Morgan fingerprint density at radius 2 is 1.73 bits per heavy atom. The van der Waals surface area contributed by atoms with Crippen LogP contribution in [0.4, 0.5) is 5.82 Å². The van der Waals surface area contributed by atoms with Gasteiger partial charge in [-0.05, 0) is 48.6 Å². The average molecular weight is 419 g/mol. The molecule has 0 aliphatic rings. The second-order valence-corrected chi connectivity index (χ2v) is 8.05. The van der Waals surface area contributed by atoms with Crippen molar-refractivity contribution in [3.63, 3.8) is 0 Å². The molecule has 2 N–H and O–H groups in total. The summed E-state index contributed by atoms with van der Waals surface area (Å²) in [4.78, 5) is 26.1. The Labute approximate surface area is 178 Å². The third kappa shape index (κ3) is 4.46. The van der Waals surface area contributed by atoms with Crippen LogP contribution in [0.5, 0.6) is 0 Å². The fourth-order valence-corrected chi connectivity index (χ4v) is 4.44. The summed E-state index contributed by atoms with van der Waals surface area (Å²) in [6, 6.07) is 14.2. The van der Waals surface area contributed by atoms with Gasteiger partial charge in [-0.1, -0.05) is 30.3 Å². The highest BCUT2D eigenvalue weighted by Gasteiger charge is 2.20. The lowest BCUT2D eigenvalue weighted by Crippen LogP contribution is -2.09. The van der Waals surface area contributed by atoms with Crippen molar-refractivity contribution in [2.24, 2.45) is 0 Å². The van der Waals surface area contributed by atoms with Crippen LogP contribution in [0, 0.1) is 6.92 Å². The van der Waals surface area contributed by atoms with Crippen molar-refractivity contribution in [1.82, 2.24) is 15.0 Å². The minimum absolute atomic E-state index is 0.316. The summed E-state index contributed by atoms with van der Waals surface area (Å²) in [5.74, 6) is 0.499. The minimum atomic E-state index is -0.927. The van der Waals surface area contributed by atoms with E-state index in [0.717, 1.165) is 28.9 Å². The smallest absolute Gasteiger partial charge is 0.346 e. The minimum Gasteiger partial charge on any atom is -0.477 e. The zero-order valence-corrected chi connectivity index (χ0v) is 17.4. The Morgan fingerprint density at radius 3 is 2.47 bits per heavy atom. The fraction of sp³-hybridized carbons (Fsp3) is 0.217. The van der Waals surface area contributed by atoms with E-state index >= 15 is 0 Å². The monoisotopic (exact) mass is 418 g/mol. The summed E-state index contributed by atoms with van der Waals surface area (Å²) in [6.07, 6.45) is 5.91. The molecule has 3 aromatic heterocycles. The summed E-state index contributed by atoms with van der Waals surface area (Å²) in [5, 5.41) is 13.8. The van der Waals surface area contributed by atoms with E-state index in [1.165, 1.54) is 22.5 Å². The molecule has 0 amide bonds. The average Bonchev–Trinajstić information content (AvgIpc) is 3.11. The molecule has 0 saturated carbocycles. The number of rotatable bonds is 8. The van der Waals surface area contributed by atoms with Crippen molar-refractivity contribution < 1.29 is 9.90 Å². The van der Waals surface area contributed by atoms with Crippen LogP contribution in [-0.4, -0.2) is 32.6 Å². The van der Waals surface area contributed by atoms with Gasteiger partial charge in [0.1, 0.15) is 21.3 Å². The maximum absolute atomic E-state index is 11.6. The number of hydrogen-bond acceptors (Lipinski definition) is 6. The summed E-state index contributed by atoms with van der Waals surface area (Å²) >= 11 is 1.21. The van der Waals surface area contributed by atoms with Crippen molar-refractivity contribution in [1.29, 1.82) is 0 Å². The van der Waals surface area contributed by atoms with Crippen LogP contribution in [0.25, 0.3) is 10.2 Å². The second kappa shape index (κ2) is 9.00. The number of benzene rings is 1. The van der Waals surface area contributed by atoms with Gasteiger partial charge in [0.05, 0.1) is 5.39 Å². The fourth-order valence-electron chi connectivity index (χ4n) is 3.40. The number of fused-ring (bicyclic) bond motifs is 1. The number of anilines is 1. The van der Waals surface area contributed by atoms with Crippen LogP contribution in [0.3, 0.4) is 0 Å². The van der Waals surface area contributed by atoms with Crippen molar-refractivity contribution in [2.45, 2.75) is 26.2 Å². The zero-order chi connectivity index (χ0) is 20.9. The Balaban J connectivity index is 1.61. The number of carbonyl (C=O) groups is 1. The Hall–Kier alpha value is -3.32. The number of carboxylic acid groups (broad SMARTS) is 1. The van der Waals surface area contributed by atoms with E-state index in [1.54, 1.807) is 12.4 Å². The number of nitrogens with one attached hydrogen (secondary N) is 1. The summed E-state index contributed by atoms with van der Waals surface area (Å²) in [5.41, 5.74) is 3.12. The lowest BCUT2D eigenvalue weighted by molar-refractivity contribution is 0.0701. The summed E-state index contributed by atoms with van der Waals surface area (Å²) in [7, 11) is 0. The van der Waals surface area contributed by atoms with Crippen molar-refractivity contribution in [3.8, 4) is 0 Å². The molecule has 7 heteroatoms. The molecule has 4 rings (SSSR count). The van der Waals surface area contributed by atoms with Gasteiger partial charge in [0, 0.05) is 25.4 Å². The second-order valence-electron chi connectivity index (χ2n) is 7.05. The number of pyridine rings is 1. The molecule has 0 bridgehead atoms. The van der Waals surface area contributed by atoms with Gasteiger partial charge in [0.15, 0.2) is 0 Å². The molecular weight excluding hydrogens is 396 g/mol. The molecule has 0 radical (unpaired) electrons. The van der Waals surface area contributed by atoms with Crippen molar-refractivity contribution in [2.75, 3.05) is 11.9 Å². The van der Waals surface area contributed by atoms with Crippen LogP contribution < -0.4 is 5.32 Å². The van der Waals surface area contributed by atoms with E-state index in [-0.39, 0.29) is 0 Å². The Bertz CT molecular complexity index is 1160. The predicted molar refractivity (Wildman–Crippen MR) is 119 cm³/mol. The molecule has 0 aliphatic heterocycles. The lowest BCUT2D eigenvalue weighted by Gasteiger charge is -2.10. The molecule has 1 aromatic carbocycles.